The van der Waals surface area contributed by atoms with E-state index in [1.54, 1.807) is 0 Å². The molecule has 2 aliphatic rings. The van der Waals surface area contributed by atoms with Gasteiger partial charge in [-0.25, -0.2) is 4.39 Å². The Kier molecular flexibility index (Phi) is 4.16. The molecule has 0 aromatic carbocycles. The van der Waals surface area contributed by atoms with Crippen molar-refractivity contribution in [3.63, 3.8) is 0 Å². The van der Waals surface area contributed by atoms with Gasteiger partial charge in [0.25, 0.3) is 0 Å². The van der Waals surface area contributed by atoms with Crippen LogP contribution in [-0.2, 0) is 0 Å². The molecule has 2 heterocycles. The van der Waals surface area contributed by atoms with Crippen molar-refractivity contribution >= 4 is 0 Å². The molecular formula is C12H24FN3. The Morgan fingerprint density at radius 2 is 1.88 bits per heavy atom. The Morgan fingerprint density at radius 3 is 2.44 bits per heavy atom. The highest BCUT2D eigenvalue weighted by molar-refractivity contribution is 4.88. The third kappa shape index (κ3) is 2.73. The van der Waals surface area contributed by atoms with Crippen LogP contribution in [0.3, 0.4) is 0 Å². The zero-order chi connectivity index (χ0) is 11.5. The van der Waals surface area contributed by atoms with Gasteiger partial charge in [0.1, 0.15) is 6.17 Å². The molecule has 2 fully saturated rings. The number of hydrogen-bond donors (Lipinski definition) is 1. The first-order valence-corrected chi connectivity index (χ1v) is 6.51. The molecule has 0 spiro atoms. The molecular weight excluding hydrogens is 205 g/mol. The maximum atomic E-state index is 13.8. The van der Waals surface area contributed by atoms with Crippen molar-refractivity contribution in [2.45, 2.75) is 38.5 Å². The summed E-state index contributed by atoms with van der Waals surface area (Å²) in [4.78, 5) is 4.83. The number of nitrogens with zero attached hydrogens (tertiary/aromatic N) is 2. The van der Waals surface area contributed by atoms with Crippen molar-refractivity contribution in [2.75, 3.05) is 39.3 Å². The zero-order valence-electron chi connectivity index (χ0n) is 10.5. The van der Waals surface area contributed by atoms with Crippen LogP contribution in [0.25, 0.3) is 0 Å². The van der Waals surface area contributed by atoms with E-state index in [1.807, 2.05) is 0 Å². The van der Waals surface area contributed by atoms with Crippen molar-refractivity contribution in [1.82, 2.24) is 15.1 Å². The molecule has 2 atom stereocenters. The fourth-order valence-electron chi connectivity index (χ4n) is 2.80. The SMILES string of the molecule is CC(C)N1CCN(C2CCNCC2F)CC1. The van der Waals surface area contributed by atoms with E-state index in [4.69, 9.17) is 0 Å². The zero-order valence-corrected chi connectivity index (χ0v) is 10.5. The second-order valence-electron chi connectivity index (χ2n) is 5.24. The molecule has 2 saturated heterocycles. The Balaban J connectivity index is 1.83. The van der Waals surface area contributed by atoms with Gasteiger partial charge >= 0.3 is 0 Å². The predicted octanol–water partition coefficient (Wildman–Crippen LogP) is 0.712. The van der Waals surface area contributed by atoms with Crippen LogP contribution < -0.4 is 5.32 Å². The lowest BCUT2D eigenvalue weighted by Gasteiger charge is -2.43. The molecule has 2 unspecified atom stereocenters. The van der Waals surface area contributed by atoms with Crippen LogP contribution in [0.1, 0.15) is 20.3 Å². The van der Waals surface area contributed by atoms with Gasteiger partial charge in [-0.3, -0.25) is 9.80 Å². The fourth-order valence-corrected chi connectivity index (χ4v) is 2.80. The van der Waals surface area contributed by atoms with Crippen LogP contribution in [-0.4, -0.2) is 67.3 Å². The molecule has 2 rings (SSSR count). The number of rotatable bonds is 2. The average Bonchev–Trinajstić information content (AvgIpc) is 2.30. The summed E-state index contributed by atoms with van der Waals surface area (Å²) in [5.41, 5.74) is 0. The van der Waals surface area contributed by atoms with Crippen molar-refractivity contribution in [3.05, 3.63) is 0 Å². The van der Waals surface area contributed by atoms with Crippen LogP contribution in [0, 0.1) is 0 Å². The highest BCUT2D eigenvalue weighted by Crippen LogP contribution is 2.18. The van der Waals surface area contributed by atoms with Gasteiger partial charge in [0.15, 0.2) is 0 Å². The normalized spacial score (nSPS) is 34.5. The first-order valence-electron chi connectivity index (χ1n) is 6.51. The Labute approximate surface area is 98.0 Å². The maximum Gasteiger partial charge on any atom is 0.128 e. The molecule has 0 saturated carbocycles. The molecule has 94 valence electrons. The van der Waals surface area contributed by atoms with Crippen LogP contribution in [0.5, 0.6) is 0 Å². The van der Waals surface area contributed by atoms with Crippen LogP contribution in [0.4, 0.5) is 4.39 Å². The second-order valence-corrected chi connectivity index (χ2v) is 5.24. The van der Waals surface area contributed by atoms with E-state index in [0.717, 1.165) is 39.1 Å². The lowest BCUT2D eigenvalue weighted by Crippen LogP contribution is -2.57. The van der Waals surface area contributed by atoms with Gasteiger partial charge in [0, 0.05) is 44.8 Å². The van der Waals surface area contributed by atoms with E-state index in [9.17, 15) is 4.39 Å². The maximum absolute atomic E-state index is 13.8. The van der Waals surface area contributed by atoms with Gasteiger partial charge < -0.3 is 5.32 Å². The summed E-state index contributed by atoms with van der Waals surface area (Å²) >= 11 is 0. The van der Waals surface area contributed by atoms with Crippen molar-refractivity contribution < 1.29 is 4.39 Å². The molecule has 0 radical (unpaired) electrons. The summed E-state index contributed by atoms with van der Waals surface area (Å²) in [6.45, 7) is 10.2. The van der Waals surface area contributed by atoms with Crippen molar-refractivity contribution in [1.29, 1.82) is 0 Å². The average molecular weight is 229 g/mol. The number of halogens is 1. The van der Waals surface area contributed by atoms with Crippen LogP contribution in [0.2, 0.25) is 0 Å². The van der Waals surface area contributed by atoms with Crippen LogP contribution in [0.15, 0.2) is 0 Å². The third-order valence-corrected chi connectivity index (χ3v) is 3.92. The standard InChI is InChI=1S/C12H24FN3/c1-10(2)15-5-7-16(8-6-15)12-3-4-14-9-11(12)13/h10-12,14H,3-9H2,1-2H3. The van der Waals surface area contributed by atoms with E-state index in [-0.39, 0.29) is 6.04 Å². The summed E-state index contributed by atoms with van der Waals surface area (Å²) < 4.78 is 13.8. The Morgan fingerprint density at radius 1 is 1.19 bits per heavy atom. The van der Waals surface area contributed by atoms with Gasteiger partial charge in [-0.15, -0.1) is 0 Å². The largest absolute Gasteiger partial charge is 0.314 e. The highest BCUT2D eigenvalue weighted by atomic mass is 19.1. The predicted molar refractivity (Wildman–Crippen MR) is 64.5 cm³/mol. The summed E-state index contributed by atoms with van der Waals surface area (Å²) in [6.07, 6.45) is 0.280. The first kappa shape index (κ1) is 12.3. The summed E-state index contributed by atoms with van der Waals surface area (Å²) in [5.74, 6) is 0. The van der Waals surface area contributed by atoms with Gasteiger partial charge in [-0.2, -0.15) is 0 Å². The minimum atomic E-state index is -0.681. The molecule has 4 heteroatoms. The molecule has 1 N–H and O–H groups in total. The van der Waals surface area contributed by atoms with Crippen molar-refractivity contribution in [3.8, 4) is 0 Å². The van der Waals surface area contributed by atoms with Crippen molar-refractivity contribution in [2.24, 2.45) is 0 Å². The number of piperazine rings is 1. The minimum absolute atomic E-state index is 0.163. The monoisotopic (exact) mass is 229 g/mol. The Bertz CT molecular complexity index is 214. The molecule has 0 bridgehead atoms. The molecule has 0 aromatic rings. The molecule has 16 heavy (non-hydrogen) atoms. The van der Waals surface area contributed by atoms with E-state index < -0.39 is 6.17 Å². The van der Waals surface area contributed by atoms with E-state index in [2.05, 4.69) is 29.0 Å². The number of piperidine rings is 1. The lowest BCUT2D eigenvalue weighted by atomic mass is 10.0. The molecule has 0 aliphatic carbocycles. The van der Waals surface area contributed by atoms with Gasteiger partial charge in [-0.05, 0) is 26.8 Å². The number of hydrogen-bond acceptors (Lipinski definition) is 3. The molecule has 2 aliphatic heterocycles. The van der Waals surface area contributed by atoms with Gasteiger partial charge in [-0.1, -0.05) is 0 Å². The lowest BCUT2D eigenvalue weighted by molar-refractivity contribution is 0.0315. The van der Waals surface area contributed by atoms with Crippen LogP contribution >= 0.6 is 0 Å². The van der Waals surface area contributed by atoms with Gasteiger partial charge in [0.05, 0.1) is 0 Å². The summed E-state index contributed by atoms with van der Waals surface area (Å²) in [7, 11) is 0. The smallest absolute Gasteiger partial charge is 0.128 e. The van der Waals surface area contributed by atoms with E-state index >= 15 is 0 Å². The number of alkyl halides is 1. The Hall–Kier alpha value is -0.190. The molecule has 3 nitrogen and oxygen atoms in total. The molecule has 0 aromatic heterocycles. The first-order chi connectivity index (χ1) is 7.68. The molecule has 0 amide bonds. The third-order valence-electron chi connectivity index (χ3n) is 3.92. The quantitative estimate of drug-likeness (QED) is 0.752. The summed E-state index contributed by atoms with van der Waals surface area (Å²) in [6, 6.07) is 0.784. The fraction of sp³-hybridized carbons (Fsp3) is 1.00. The van der Waals surface area contributed by atoms with Gasteiger partial charge in [0.2, 0.25) is 0 Å². The second kappa shape index (κ2) is 5.43. The summed E-state index contributed by atoms with van der Waals surface area (Å²) in [5, 5.41) is 3.12. The van der Waals surface area contributed by atoms with E-state index in [0.29, 0.717) is 12.6 Å². The highest BCUT2D eigenvalue weighted by Gasteiger charge is 2.32. The van der Waals surface area contributed by atoms with E-state index in [1.165, 1.54) is 0 Å². The topological polar surface area (TPSA) is 18.5 Å². The minimum Gasteiger partial charge on any atom is -0.314 e. The number of nitrogens with one attached hydrogen (secondary N) is 1.